The first-order valence-electron chi connectivity index (χ1n) is 7.11. The number of rotatable bonds is 6. The van der Waals surface area contributed by atoms with Crippen molar-refractivity contribution in [3.05, 3.63) is 53.1 Å². The molecule has 0 aliphatic carbocycles. The molecule has 130 valence electrons. The Morgan fingerprint density at radius 3 is 2.56 bits per heavy atom. The van der Waals surface area contributed by atoms with E-state index in [0.29, 0.717) is 11.3 Å². The average Bonchev–Trinajstić information content (AvgIpc) is 2.57. The molecular weight excluding hydrogens is 354 g/mol. The van der Waals surface area contributed by atoms with Crippen molar-refractivity contribution < 1.29 is 23.0 Å². The van der Waals surface area contributed by atoms with Crippen molar-refractivity contribution in [3.63, 3.8) is 0 Å². The molecule has 25 heavy (non-hydrogen) atoms. The maximum absolute atomic E-state index is 12.2. The zero-order valence-electron chi connectivity index (χ0n) is 13.0. The van der Waals surface area contributed by atoms with Crippen LogP contribution in [0.1, 0.15) is 12.5 Å². The lowest BCUT2D eigenvalue weighted by Gasteiger charge is -2.16. The van der Waals surface area contributed by atoms with Gasteiger partial charge in [-0.2, -0.15) is 14.0 Å². The van der Waals surface area contributed by atoms with E-state index in [-0.39, 0.29) is 16.5 Å². The fourth-order valence-corrected chi connectivity index (χ4v) is 2.14. The van der Waals surface area contributed by atoms with Gasteiger partial charge in [0.05, 0.1) is 10.6 Å². The van der Waals surface area contributed by atoms with Crippen LogP contribution in [0, 0.1) is 11.3 Å². The molecule has 0 saturated heterocycles. The first-order chi connectivity index (χ1) is 11.9. The summed E-state index contributed by atoms with van der Waals surface area (Å²) >= 11 is 5.83. The number of carbonyl (C=O) groups excluding carboxylic acids is 1. The van der Waals surface area contributed by atoms with E-state index >= 15 is 0 Å². The van der Waals surface area contributed by atoms with Gasteiger partial charge in [-0.25, -0.2) is 0 Å². The van der Waals surface area contributed by atoms with Crippen molar-refractivity contribution in [1.29, 1.82) is 5.26 Å². The van der Waals surface area contributed by atoms with Gasteiger partial charge < -0.3 is 14.8 Å². The van der Waals surface area contributed by atoms with E-state index in [9.17, 15) is 13.6 Å². The van der Waals surface area contributed by atoms with E-state index in [1.165, 1.54) is 25.1 Å². The molecule has 2 aromatic rings. The Balaban J connectivity index is 2.04. The Labute approximate surface area is 147 Å². The largest absolute Gasteiger partial charge is 0.480 e. The number of carbonyl (C=O) groups is 1. The lowest BCUT2D eigenvalue weighted by atomic mass is 10.2. The summed E-state index contributed by atoms with van der Waals surface area (Å²) in [7, 11) is 0. The second kappa shape index (κ2) is 8.31. The zero-order valence-corrected chi connectivity index (χ0v) is 13.8. The minimum Gasteiger partial charge on any atom is -0.480 e. The number of para-hydroxylation sites is 1. The number of hydrogen-bond acceptors (Lipinski definition) is 4. The topological polar surface area (TPSA) is 71.3 Å². The number of alkyl halides is 2. The predicted octanol–water partition coefficient (Wildman–Crippen LogP) is 4.22. The number of benzene rings is 2. The highest BCUT2D eigenvalue weighted by Crippen LogP contribution is 2.29. The van der Waals surface area contributed by atoms with Gasteiger partial charge in [0.2, 0.25) is 0 Å². The van der Waals surface area contributed by atoms with E-state index in [4.69, 9.17) is 21.6 Å². The van der Waals surface area contributed by atoms with Gasteiger partial charge in [-0.3, -0.25) is 4.79 Å². The highest BCUT2D eigenvalue weighted by atomic mass is 35.5. The van der Waals surface area contributed by atoms with Crippen LogP contribution in [0.15, 0.2) is 42.5 Å². The molecule has 0 aliphatic heterocycles. The zero-order chi connectivity index (χ0) is 18.4. The first kappa shape index (κ1) is 18.5. The lowest BCUT2D eigenvalue weighted by molar-refractivity contribution is -0.122. The Bertz CT molecular complexity index is 809. The van der Waals surface area contributed by atoms with Crippen LogP contribution in [0.3, 0.4) is 0 Å². The maximum Gasteiger partial charge on any atom is 0.387 e. The van der Waals surface area contributed by atoms with E-state index in [1.807, 2.05) is 6.07 Å². The van der Waals surface area contributed by atoms with Gasteiger partial charge in [-0.15, -0.1) is 0 Å². The molecule has 0 spiro atoms. The SMILES string of the molecule is CC(Oc1ccccc1C#N)C(=O)Nc1ccc(OC(F)F)c(Cl)c1. The van der Waals surface area contributed by atoms with Crippen LogP contribution < -0.4 is 14.8 Å². The Morgan fingerprint density at radius 1 is 1.20 bits per heavy atom. The van der Waals surface area contributed by atoms with E-state index in [1.54, 1.807) is 24.3 Å². The molecule has 1 N–H and O–H groups in total. The van der Waals surface area contributed by atoms with Crippen LogP contribution in [0.4, 0.5) is 14.5 Å². The van der Waals surface area contributed by atoms with E-state index in [2.05, 4.69) is 10.1 Å². The number of hydrogen-bond donors (Lipinski definition) is 1. The summed E-state index contributed by atoms with van der Waals surface area (Å²) in [5.74, 6) is -0.403. The molecule has 0 fully saturated rings. The molecule has 5 nitrogen and oxygen atoms in total. The third-order valence-corrected chi connectivity index (χ3v) is 3.39. The molecule has 8 heteroatoms. The monoisotopic (exact) mass is 366 g/mol. The summed E-state index contributed by atoms with van der Waals surface area (Å²) in [5.41, 5.74) is 0.597. The first-order valence-corrected chi connectivity index (χ1v) is 7.49. The summed E-state index contributed by atoms with van der Waals surface area (Å²) in [6.45, 7) is -1.48. The summed E-state index contributed by atoms with van der Waals surface area (Å²) in [4.78, 5) is 12.2. The lowest BCUT2D eigenvalue weighted by Crippen LogP contribution is -2.30. The summed E-state index contributed by atoms with van der Waals surface area (Å²) < 4.78 is 34.1. The fraction of sp³-hybridized carbons (Fsp3) is 0.176. The van der Waals surface area contributed by atoms with Gasteiger partial charge in [0.1, 0.15) is 17.6 Å². The number of nitrogens with zero attached hydrogens (tertiary/aromatic N) is 1. The smallest absolute Gasteiger partial charge is 0.387 e. The van der Waals surface area contributed by atoms with Crippen LogP contribution in [0.5, 0.6) is 11.5 Å². The Hall–Kier alpha value is -2.85. The third-order valence-electron chi connectivity index (χ3n) is 3.10. The van der Waals surface area contributed by atoms with Gasteiger partial charge in [0.25, 0.3) is 5.91 Å². The van der Waals surface area contributed by atoms with Crippen molar-refractivity contribution >= 4 is 23.2 Å². The molecule has 0 radical (unpaired) electrons. The van der Waals surface area contributed by atoms with Crippen molar-refractivity contribution in [2.45, 2.75) is 19.6 Å². The van der Waals surface area contributed by atoms with Gasteiger partial charge in [0, 0.05) is 5.69 Å². The molecule has 1 unspecified atom stereocenters. The van der Waals surface area contributed by atoms with Gasteiger partial charge in [-0.05, 0) is 37.3 Å². The maximum atomic E-state index is 12.2. The van der Waals surface area contributed by atoms with Crippen molar-refractivity contribution in [2.24, 2.45) is 0 Å². The number of ether oxygens (including phenoxy) is 2. The molecule has 0 aliphatic rings. The fourth-order valence-electron chi connectivity index (χ4n) is 1.92. The third kappa shape index (κ3) is 5.06. The van der Waals surface area contributed by atoms with E-state index in [0.717, 1.165) is 0 Å². The molecule has 0 heterocycles. The second-order valence-corrected chi connectivity index (χ2v) is 5.29. The van der Waals surface area contributed by atoms with Crippen LogP contribution in [0.2, 0.25) is 5.02 Å². The van der Waals surface area contributed by atoms with Crippen LogP contribution in [-0.4, -0.2) is 18.6 Å². The molecule has 1 amide bonds. The molecule has 0 saturated carbocycles. The van der Waals surface area contributed by atoms with Gasteiger partial charge in [-0.1, -0.05) is 23.7 Å². The standard InChI is InChI=1S/C17H13ClF2N2O3/c1-10(24-14-5-3-2-4-11(14)9-21)16(23)22-12-6-7-15(13(18)8-12)25-17(19)20/h2-8,10,17H,1H3,(H,22,23). The minimum atomic E-state index is -2.99. The highest BCUT2D eigenvalue weighted by molar-refractivity contribution is 6.32. The quantitative estimate of drug-likeness (QED) is 0.830. The number of nitrogens with one attached hydrogen (secondary N) is 1. The van der Waals surface area contributed by atoms with Crippen molar-refractivity contribution in [3.8, 4) is 17.6 Å². The molecular formula is C17H13ClF2N2O3. The summed E-state index contributed by atoms with van der Waals surface area (Å²) in [6.07, 6.45) is -0.898. The van der Waals surface area contributed by atoms with Gasteiger partial charge in [0.15, 0.2) is 6.10 Å². The van der Waals surface area contributed by atoms with Crippen molar-refractivity contribution in [1.82, 2.24) is 0 Å². The van der Waals surface area contributed by atoms with Gasteiger partial charge >= 0.3 is 6.61 Å². The highest BCUT2D eigenvalue weighted by Gasteiger charge is 2.17. The molecule has 0 bridgehead atoms. The van der Waals surface area contributed by atoms with Crippen LogP contribution >= 0.6 is 11.6 Å². The minimum absolute atomic E-state index is 0.0681. The van der Waals surface area contributed by atoms with Crippen LogP contribution in [0.25, 0.3) is 0 Å². The number of anilines is 1. The Morgan fingerprint density at radius 2 is 1.92 bits per heavy atom. The van der Waals surface area contributed by atoms with E-state index < -0.39 is 18.6 Å². The van der Waals surface area contributed by atoms with Crippen LogP contribution in [-0.2, 0) is 4.79 Å². The molecule has 0 aromatic heterocycles. The predicted molar refractivity (Wildman–Crippen MR) is 88.0 cm³/mol. The number of amides is 1. The normalized spacial score (nSPS) is 11.5. The summed E-state index contributed by atoms with van der Waals surface area (Å²) in [6, 6.07) is 12.4. The Kier molecular flexibility index (Phi) is 6.14. The molecule has 2 rings (SSSR count). The molecule has 1 atom stereocenters. The average molecular weight is 367 g/mol. The molecule has 2 aromatic carbocycles. The number of halogens is 3. The summed E-state index contributed by atoms with van der Waals surface area (Å²) in [5, 5.41) is 11.5. The second-order valence-electron chi connectivity index (χ2n) is 4.88. The number of nitriles is 1. The van der Waals surface area contributed by atoms with Crippen molar-refractivity contribution in [2.75, 3.05) is 5.32 Å².